The number of allylic oxidation sites excluding steroid dienone is 3. The highest BCUT2D eigenvalue weighted by atomic mass is 35.5. The Hall–Kier alpha value is -3.12. The lowest BCUT2D eigenvalue weighted by Gasteiger charge is -2.14. The van der Waals surface area contributed by atoms with Gasteiger partial charge in [0.15, 0.2) is 0 Å². The van der Waals surface area contributed by atoms with Crippen molar-refractivity contribution in [3.05, 3.63) is 113 Å². The molecule has 1 amide bonds. The Kier molecular flexibility index (Phi) is 9.78. The van der Waals surface area contributed by atoms with Crippen molar-refractivity contribution in [1.29, 1.82) is 0 Å². The maximum Gasteiger partial charge on any atom is 0.227 e. The number of amides is 1. The smallest absolute Gasteiger partial charge is 0.227 e. The molecule has 3 N–H and O–H groups in total. The molecule has 6 heteroatoms. The minimum atomic E-state index is -0.324. The van der Waals surface area contributed by atoms with Gasteiger partial charge in [0.1, 0.15) is 11.5 Å². The largest absolute Gasteiger partial charge is 0.460 e. The molecule has 3 aromatic rings. The predicted octanol–water partition coefficient (Wildman–Crippen LogP) is 5.91. The van der Waals surface area contributed by atoms with Crippen LogP contribution in [0, 0.1) is 12.8 Å². The number of aryl methyl sites for hydroxylation is 1. The van der Waals surface area contributed by atoms with E-state index in [4.69, 9.17) is 16.0 Å². The Labute approximate surface area is 225 Å². The van der Waals surface area contributed by atoms with E-state index in [0.29, 0.717) is 26.1 Å². The van der Waals surface area contributed by atoms with Crippen molar-refractivity contribution < 1.29 is 9.21 Å². The topological polar surface area (TPSA) is 66.3 Å². The Morgan fingerprint density at radius 3 is 2.59 bits per heavy atom. The summed E-state index contributed by atoms with van der Waals surface area (Å²) in [5, 5.41) is 9.71. The summed E-state index contributed by atoms with van der Waals surface area (Å²) in [6.07, 6.45) is 6.41. The SMILES string of the molecule is Cc1ccc(C(C)NCc2ccc(C3=CC(C(=O)NCCNCc4ccccc4)CC(Cl)C=C3)o2)cc1. The number of benzene rings is 2. The van der Waals surface area contributed by atoms with Gasteiger partial charge in [-0.2, -0.15) is 0 Å². The Morgan fingerprint density at radius 2 is 1.81 bits per heavy atom. The van der Waals surface area contributed by atoms with Crippen LogP contribution >= 0.6 is 11.6 Å². The Balaban J connectivity index is 1.30. The standard InChI is InChI=1S/C31H36ClN3O2/c1-22-8-10-25(11-9-22)23(2)35-21-29-14-15-30(37-29)26-12-13-28(32)19-27(18-26)31(36)34-17-16-33-20-24-6-4-3-5-7-24/h3-15,18,23,27-28,33,35H,16-17,19-21H2,1-2H3,(H,34,36). The summed E-state index contributed by atoms with van der Waals surface area (Å²) in [6.45, 7) is 6.88. The first-order valence-corrected chi connectivity index (χ1v) is 13.4. The highest BCUT2D eigenvalue weighted by molar-refractivity contribution is 6.22. The van der Waals surface area contributed by atoms with E-state index in [2.05, 4.69) is 66.2 Å². The van der Waals surface area contributed by atoms with Gasteiger partial charge in [-0.15, -0.1) is 11.6 Å². The summed E-state index contributed by atoms with van der Waals surface area (Å²) in [7, 11) is 0. The molecule has 1 aliphatic rings. The van der Waals surface area contributed by atoms with Crippen molar-refractivity contribution in [1.82, 2.24) is 16.0 Å². The molecule has 2 aromatic carbocycles. The van der Waals surface area contributed by atoms with Crippen LogP contribution in [-0.4, -0.2) is 24.4 Å². The predicted molar refractivity (Wildman–Crippen MR) is 151 cm³/mol. The zero-order valence-electron chi connectivity index (χ0n) is 21.5. The van der Waals surface area contributed by atoms with Gasteiger partial charge in [-0.1, -0.05) is 78.4 Å². The first kappa shape index (κ1) is 26.9. The summed E-state index contributed by atoms with van der Waals surface area (Å²) in [4.78, 5) is 12.9. The van der Waals surface area contributed by atoms with Crippen molar-refractivity contribution in [3.63, 3.8) is 0 Å². The zero-order chi connectivity index (χ0) is 26.0. The molecule has 0 radical (unpaired) electrons. The second-order valence-corrected chi connectivity index (χ2v) is 10.1. The molecule has 1 aliphatic carbocycles. The van der Waals surface area contributed by atoms with Gasteiger partial charge in [-0.25, -0.2) is 0 Å². The van der Waals surface area contributed by atoms with Crippen LogP contribution in [0.5, 0.6) is 0 Å². The van der Waals surface area contributed by atoms with Crippen molar-refractivity contribution >= 4 is 23.1 Å². The second kappa shape index (κ2) is 13.4. The molecule has 1 aromatic heterocycles. The highest BCUT2D eigenvalue weighted by Gasteiger charge is 2.23. The number of halogens is 1. The summed E-state index contributed by atoms with van der Waals surface area (Å²) in [5.74, 6) is 1.24. The molecule has 0 aliphatic heterocycles. The maximum atomic E-state index is 12.9. The molecule has 0 spiro atoms. The number of carbonyl (C=O) groups is 1. The molecule has 4 rings (SSSR count). The van der Waals surface area contributed by atoms with Crippen molar-refractivity contribution in [2.24, 2.45) is 5.92 Å². The van der Waals surface area contributed by atoms with Crippen LogP contribution < -0.4 is 16.0 Å². The number of nitrogens with one attached hydrogen (secondary N) is 3. The van der Waals surface area contributed by atoms with Gasteiger partial charge < -0.3 is 20.4 Å². The molecule has 3 atom stereocenters. The fourth-order valence-corrected chi connectivity index (χ4v) is 4.57. The zero-order valence-corrected chi connectivity index (χ0v) is 22.3. The van der Waals surface area contributed by atoms with E-state index in [1.165, 1.54) is 16.7 Å². The van der Waals surface area contributed by atoms with Gasteiger partial charge in [0.05, 0.1) is 17.8 Å². The summed E-state index contributed by atoms with van der Waals surface area (Å²) < 4.78 is 6.14. The van der Waals surface area contributed by atoms with Crippen LogP contribution in [-0.2, 0) is 17.9 Å². The van der Waals surface area contributed by atoms with Gasteiger partial charge in [0.25, 0.3) is 0 Å². The third kappa shape index (κ3) is 8.19. The van der Waals surface area contributed by atoms with Gasteiger partial charge >= 0.3 is 0 Å². The average molecular weight is 518 g/mol. The molecule has 0 bridgehead atoms. The van der Waals surface area contributed by atoms with E-state index in [9.17, 15) is 4.79 Å². The van der Waals surface area contributed by atoms with Crippen LogP contribution in [0.4, 0.5) is 0 Å². The molecule has 194 valence electrons. The van der Waals surface area contributed by atoms with Crippen LogP contribution in [0.15, 0.2) is 89.4 Å². The molecular formula is C31H36ClN3O2. The van der Waals surface area contributed by atoms with Crippen molar-refractivity contribution in [3.8, 4) is 0 Å². The van der Waals surface area contributed by atoms with E-state index in [0.717, 1.165) is 23.6 Å². The molecular weight excluding hydrogens is 482 g/mol. The number of hydrogen-bond acceptors (Lipinski definition) is 4. The van der Waals surface area contributed by atoms with E-state index in [-0.39, 0.29) is 23.2 Å². The van der Waals surface area contributed by atoms with E-state index >= 15 is 0 Å². The lowest BCUT2D eigenvalue weighted by molar-refractivity contribution is -0.123. The van der Waals surface area contributed by atoms with E-state index in [1.807, 2.05) is 48.6 Å². The van der Waals surface area contributed by atoms with Gasteiger partial charge in [0, 0.05) is 31.2 Å². The molecule has 0 fully saturated rings. The lowest BCUT2D eigenvalue weighted by Crippen LogP contribution is -2.35. The van der Waals surface area contributed by atoms with Crippen LogP contribution in [0.25, 0.3) is 5.57 Å². The third-order valence-corrected chi connectivity index (χ3v) is 6.88. The molecule has 3 unspecified atom stereocenters. The first-order chi connectivity index (χ1) is 18.0. The molecule has 0 saturated heterocycles. The fraction of sp³-hybridized carbons (Fsp3) is 0.323. The lowest BCUT2D eigenvalue weighted by atomic mass is 10.0. The number of rotatable bonds is 11. The van der Waals surface area contributed by atoms with Crippen LogP contribution in [0.2, 0.25) is 0 Å². The van der Waals surface area contributed by atoms with Crippen molar-refractivity contribution in [2.45, 2.75) is 44.8 Å². The summed E-state index contributed by atoms with van der Waals surface area (Å²) in [6, 6.07) is 22.9. The number of furan rings is 1. The number of alkyl halides is 1. The van der Waals surface area contributed by atoms with Gasteiger partial charge in [-0.05, 0) is 43.5 Å². The molecule has 5 nitrogen and oxygen atoms in total. The molecule has 37 heavy (non-hydrogen) atoms. The summed E-state index contributed by atoms with van der Waals surface area (Å²) in [5.41, 5.74) is 4.59. The normalized spacial score (nSPS) is 18.2. The number of hydrogen-bond donors (Lipinski definition) is 3. The minimum Gasteiger partial charge on any atom is -0.460 e. The monoisotopic (exact) mass is 517 g/mol. The average Bonchev–Trinajstić information content (AvgIpc) is 3.29. The van der Waals surface area contributed by atoms with Gasteiger partial charge in [0.2, 0.25) is 5.91 Å². The minimum absolute atomic E-state index is 0.0197. The van der Waals surface area contributed by atoms with Crippen LogP contribution in [0.3, 0.4) is 0 Å². The summed E-state index contributed by atoms with van der Waals surface area (Å²) >= 11 is 6.47. The van der Waals surface area contributed by atoms with E-state index in [1.54, 1.807) is 0 Å². The number of carbonyl (C=O) groups excluding carboxylic acids is 1. The van der Waals surface area contributed by atoms with E-state index < -0.39 is 0 Å². The van der Waals surface area contributed by atoms with Crippen molar-refractivity contribution in [2.75, 3.05) is 13.1 Å². The Bertz CT molecular complexity index is 1200. The molecule has 1 heterocycles. The third-order valence-electron chi connectivity index (χ3n) is 6.56. The second-order valence-electron chi connectivity index (χ2n) is 9.57. The Morgan fingerprint density at radius 1 is 1.03 bits per heavy atom. The first-order valence-electron chi connectivity index (χ1n) is 12.9. The maximum absolute atomic E-state index is 12.9. The van der Waals surface area contributed by atoms with Crippen LogP contribution in [0.1, 0.15) is 47.6 Å². The quantitative estimate of drug-likeness (QED) is 0.218. The highest BCUT2D eigenvalue weighted by Crippen LogP contribution is 2.28. The fourth-order valence-electron chi connectivity index (χ4n) is 4.31. The van der Waals surface area contributed by atoms with Gasteiger partial charge in [-0.3, -0.25) is 4.79 Å². The molecule has 0 saturated carbocycles.